The number of nitrogens with one attached hydrogen (secondary N) is 1. The standard InChI is InChI=1S/C18H16N4/c1-12-17-13(2)21-22(14-8-4-3-5-9-14)18(17)20-16-11-7-6-10-15(16)19-12/h3-11,20H,1-2H3. The first-order valence-corrected chi connectivity index (χ1v) is 7.31. The molecule has 4 nitrogen and oxygen atoms in total. The van der Waals surface area contributed by atoms with Crippen LogP contribution in [0.2, 0.25) is 0 Å². The number of para-hydroxylation sites is 3. The van der Waals surface area contributed by atoms with E-state index in [9.17, 15) is 0 Å². The molecule has 1 N–H and O–H groups in total. The first-order chi connectivity index (χ1) is 10.7. The van der Waals surface area contributed by atoms with Crippen molar-refractivity contribution in [3.63, 3.8) is 0 Å². The molecule has 0 fully saturated rings. The van der Waals surface area contributed by atoms with Crippen molar-refractivity contribution in [3.8, 4) is 5.69 Å². The molecule has 0 saturated heterocycles. The summed E-state index contributed by atoms with van der Waals surface area (Å²) >= 11 is 0. The molecule has 22 heavy (non-hydrogen) atoms. The Balaban J connectivity index is 1.97. The van der Waals surface area contributed by atoms with Crippen LogP contribution in [0.3, 0.4) is 0 Å². The quantitative estimate of drug-likeness (QED) is 0.722. The van der Waals surface area contributed by atoms with Crippen LogP contribution in [0.5, 0.6) is 0 Å². The number of benzene rings is 2. The molecule has 0 saturated carbocycles. The summed E-state index contributed by atoms with van der Waals surface area (Å²) < 4.78 is 1.95. The van der Waals surface area contributed by atoms with E-state index >= 15 is 0 Å². The molecule has 2 aromatic carbocycles. The lowest BCUT2D eigenvalue weighted by atomic mass is 10.1. The highest BCUT2D eigenvalue weighted by Crippen LogP contribution is 2.36. The van der Waals surface area contributed by atoms with Crippen molar-refractivity contribution in [2.75, 3.05) is 5.32 Å². The van der Waals surface area contributed by atoms with Crippen molar-refractivity contribution < 1.29 is 0 Å². The molecule has 0 spiro atoms. The fourth-order valence-electron chi connectivity index (χ4n) is 2.87. The molecule has 2 heterocycles. The number of rotatable bonds is 1. The van der Waals surface area contributed by atoms with Gasteiger partial charge in [-0.3, -0.25) is 4.99 Å². The average Bonchev–Trinajstić information content (AvgIpc) is 2.78. The highest BCUT2D eigenvalue weighted by atomic mass is 15.3. The molecular weight excluding hydrogens is 272 g/mol. The zero-order valence-corrected chi connectivity index (χ0v) is 12.5. The highest BCUT2D eigenvalue weighted by Gasteiger charge is 2.22. The Morgan fingerprint density at radius 2 is 1.64 bits per heavy atom. The summed E-state index contributed by atoms with van der Waals surface area (Å²) in [6.07, 6.45) is 0. The predicted molar refractivity (Wildman–Crippen MR) is 89.9 cm³/mol. The molecule has 0 unspecified atom stereocenters. The molecule has 0 aliphatic carbocycles. The smallest absolute Gasteiger partial charge is 0.143 e. The van der Waals surface area contributed by atoms with Gasteiger partial charge in [0, 0.05) is 0 Å². The van der Waals surface area contributed by atoms with Crippen LogP contribution in [0.15, 0.2) is 59.6 Å². The Kier molecular flexibility index (Phi) is 2.82. The summed E-state index contributed by atoms with van der Waals surface area (Å²) in [5.41, 5.74) is 6.01. The SMILES string of the molecule is CC1=Nc2ccccc2Nc2c1c(C)nn2-c1ccccc1. The molecule has 0 bridgehead atoms. The van der Waals surface area contributed by atoms with E-state index in [0.29, 0.717) is 0 Å². The zero-order chi connectivity index (χ0) is 15.1. The van der Waals surface area contributed by atoms with Crippen LogP contribution in [0.1, 0.15) is 18.2 Å². The average molecular weight is 288 g/mol. The van der Waals surface area contributed by atoms with Crippen molar-refractivity contribution in [2.24, 2.45) is 4.99 Å². The summed E-state index contributed by atoms with van der Waals surface area (Å²) in [6.45, 7) is 4.06. The Morgan fingerprint density at radius 1 is 0.909 bits per heavy atom. The number of aromatic nitrogens is 2. The predicted octanol–water partition coefficient (Wildman–Crippen LogP) is 4.38. The molecule has 4 heteroatoms. The van der Waals surface area contributed by atoms with Gasteiger partial charge in [-0.05, 0) is 38.1 Å². The lowest BCUT2D eigenvalue weighted by Crippen LogP contribution is -2.04. The maximum Gasteiger partial charge on any atom is 0.143 e. The lowest BCUT2D eigenvalue weighted by molar-refractivity contribution is 0.869. The Bertz CT molecular complexity index is 875. The molecule has 108 valence electrons. The lowest BCUT2D eigenvalue weighted by Gasteiger charge is -2.10. The second kappa shape index (κ2) is 4.84. The molecule has 1 aromatic heterocycles. The molecular formula is C18H16N4. The second-order valence-electron chi connectivity index (χ2n) is 5.40. The van der Waals surface area contributed by atoms with Gasteiger partial charge >= 0.3 is 0 Å². The minimum Gasteiger partial charge on any atom is -0.338 e. The van der Waals surface area contributed by atoms with Gasteiger partial charge in [-0.25, -0.2) is 4.68 Å². The van der Waals surface area contributed by atoms with E-state index < -0.39 is 0 Å². The van der Waals surface area contributed by atoms with Gasteiger partial charge in [0.05, 0.1) is 34.0 Å². The van der Waals surface area contributed by atoms with Gasteiger partial charge in [-0.2, -0.15) is 5.10 Å². The minimum absolute atomic E-state index is 0.954. The third-order valence-electron chi connectivity index (χ3n) is 3.87. The maximum atomic E-state index is 4.75. The topological polar surface area (TPSA) is 42.2 Å². The first kappa shape index (κ1) is 12.8. The molecule has 4 rings (SSSR count). The maximum absolute atomic E-state index is 4.75. The minimum atomic E-state index is 0.954. The van der Waals surface area contributed by atoms with Crippen LogP contribution < -0.4 is 5.32 Å². The van der Waals surface area contributed by atoms with Gasteiger partial charge in [0.25, 0.3) is 0 Å². The molecule has 0 amide bonds. The van der Waals surface area contributed by atoms with Crippen molar-refractivity contribution in [1.82, 2.24) is 9.78 Å². The highest BCUT2D eigenvalue weighted by molar-refractivity contribution is 6.08. The van der Waals surface area contributed by atoms with Gasteiger partial charge in [0.2, 0.25) is 0 Å². The van der Waals surface area contributed by atoms with Crippen LogP contribution >= 0.6 is 0 Å². The largest absolute Gasteiger partial charge is 0.338 e. The van der Waals surface area contributed by atoms with E-state index in [1.54, 1.807) is 0 Å². The molecule has 0 atom stereocenters. The number of hydrogen-bond acceptors (Lipinski definition) is 3. The van der Waals surface area contributed by atoms with Crippen LogP contribution in [-0.4, -0.2) is 15.5 Å². The normalized spacial score (nSPS) is 12.7. The zero-order valence-electron chi connectivity index (χ0n) is 12.5. The molecule has 3 aromatic rings. The summed E-state index contributed by atoms with van der Waals surface area (Å²) in [6, 6.07) is 18.2. The second-order valence-corrected chi connectivity index (χ2v) is 5.40. The van der Waals surface area contributed by atoms with Crippen molar-refractivity contribution in [2.45, 2.75) is 13.8 Å². The van der Waals surface area contributed by atoms with E-state index in [1.165, 1.54) is 0 Å². The summed E-state index contributed by atoms with van der Waals surface area (Å²) in [4.78, 5) is 4.75. The molecule has 0 radical (unpaired) electrons. The molecule has 1 aliphatic heterocycles. The van der Waals surface area contributed by atoms with Gasteiger partial charge in [-0.15, -0.1) is 0 Å². The number of fused-ring (bicyclic) bond motifs is 2. The summed E-state index contributed by atoms with van der Waals surface area (Å²) in [7, 11) is 0. The van der Waals surface area contributed by atoms with Gasteiger partial charge in [0.15, 0.2) is 0 Å². The number of anilines is 2. The summed E-state index contributed by atoms with van der Waals surface area (Å²) in [5.74, 6) is 0.968. The van der Waals surface area contributed by atoms with Crippen LogP contribution in [0.25, 0.3) is 5.69 Å². The van der Waals surface area contributed by atoms with E-state index in [1.807, 2.05) is 61.0 Å². The van der Waals surface area contributed by atoms with E-state index in [0.717, 1.165) is 39.8 Å². The van der Waals surface area contributed by atoms with Crippen molar-refractivity contribution >= 4 is 22.9 Å². The Labute approximate surface area is 129 Å². The van der Waals surface area contributed by atoms with E-state index in [4.69, 9.17) is 10.1 Å². The van der Waals surface area contributed by atoms with Crippen LogP contribution in [0, 0.1) is 6.92 Å². The number of hydrogen-bond donors (Lipinski definition) is 1. The van der Waals surface area contributed by atoms with E-state index in [-0.39, 0.29) is 0 Å². The third kappa shape index (κ3) is 1.92. The fraction of sp³-hybridized carbons (Fsp3) is 0.111. The first-order valence-electron chi connectivity index (χ1n) is 7.31. The third-order valence-corrected chi connectivity index (χ3v) is 3.87. The van der Waals surface area contributed by atoms with Crippen molar-refractivity contribution in [3.05, 3.63) is 65.9 Å². The fourth-order valence-corrected chi connectivity index (χ4v) is 2.87. The summed E-state index contributed by atoms with van der Waals surface area (Å²) in [5, 5.41) is 8.21. The monoisotopic (exact) mass is 288 g/mol. The van der Waals surface area contributed by atoms with Gasteiger partial charge in [-0.1, -0.05) is 30.3 Å². The van der Waals surface area contributed by atoms with Crippen molar-refractivity contribution in [1.29, 1.82) is 0 Å². The number of aliphatic imine (C=N–C) groups is 1. The van der Waals surface area contributed by atoms with Crippen LogP contribution in [0.4, 0.5) is 17.2 Å². The van der Waals surface area contributed by atoms with E-state index in [2.05, 4.69) is 17.4 Å². The Morgan fingerprint density at radius 3 is 2.45 bits per heavy atom. The molecule has 1 aliphatic rings. The van der Waals surface area contributed by atoms with Crippen LogP contribution in [-0.2, 0) is 0 Å². The van der Waals surface area contributed by atoms with Gasteiger partial charge in [0.1, 0.15) is 5.82 Å². The number of nitrogens with zero attached hydrogens (tertiary/aromatic N) is 3. The Hall–Kier alpha value is -2.88. The van der Waals surface area contributed by atoms with Gasteiger partial charge < -0.3 is 5.32 Å². The number of aryl methyl sites for hydroxylation is 1.